The van der Waals surface area contributed by atoms with Gasteiger partial charge in [0.15, 0.2) is 0 Å². The normalized spacial score (nSPS) is 10.4. The maximum Gasteiger partial charge on any atom is 0.259 e. The fraction of sp³-hybridized carbons (Fsp3) is 0.0667. The molecule has 0 atom stereocenters. The first-order valence-corrected chi connectivity index (χ1v) is 6.90. The van der Waals surface area contributed by atoms with Crippen molar-refractivity contribution in [2.45, 2.75) is 0 Å². The van der Waals surface area contributed by atoms with Gasteiger partial charge in [0.2, 0.25) is 0 Å². The van der Waals surface area contributed by atoms with Crippen LogP contribution in [0.2, 0.25) is 0 Å². The lowest BCUT2D eigenvalue weighted by atomic mass is 10.2. The van der Waals surface area contributed by atoms with Crippen LogP contribution in [-0.4, -0.2) is 18.7 Å². The van der Waals surface area contributed by atoms with Crippen LogP contribution in [0.25, 0.3) is 0 Å². The summed E-state index contributed by atoms with van der Waals surface area (Å²) in [5.74, 6) is -0.194. The zero-order chi connectivity index (χ0) is 14.2. The molecule has 5 heteroatoms. The monoisotopic (exact) mass is 331 g/mol. The van der Waals surface area contributed by atoms with Crippen LogP contribution in [0, 0.1) is 0 Å². The van der Waals surface area contributed by atoms with E-state index in [9.17, 15) is 4.79 Å². The number of rotatable bonds is 5. The summed E-state index contributed by atoms with van der Waals surface area (Å²) in [4.78, 5) is 11.6. The molecule has 0 bridgehead atoms. The minimum atomic E-state index is -0.194. The van der Waals surface area contributed by atoms with Gasteiger partial charge in [-0.15, -0.1) is 0 Å². The smallest absolute Gasteiger partial charge is 0.259 e. The Hall–Kier alpha value is -2.14. The highest BCUT2D eigenvalue weighted by Gasteiger charge is 1.98. The molecule has 0 saturated heterocycles. The number of anilines is 1. The zero-order valence-corrected chi connectivity index (χ0v) is 12.3. The summed E-state index contributed by atoms with van der Waals surface area (Å²) >= 11 is 3.37. The first-order valence-electron chi connectivity index (χ1n) is 6.10. The Balaban J connectivity index is 1.78. The number of nitrogens with zero attached hydrogens (tertiary/aromatic N) is 1. The second-order valence-electron chi connectivity index (χ2n) is 4.07. The van der Waals surface area contributed by atoms with Gasteiger partial charge in [-0.3, -0.25) is 4.79 Å². The van der Waals surface area contributed by atoms with E-state index in [1.54, 1.807) is 6.21 Å². The fourth-order valence-electron chi connectivity index (χ4n) is 1.54. The molecule has 2 aromatic carbocycles. The Morgan fingerprint density at radius 1 is 1.15 bits per heavy atom. The Bertz CT molecular complexity index is 599. The van der Waals surface area contributed by atoms with E-state index >= 15 is 0 Å². The molecule has 0 spiro atoms. The van der Waals surface area contributed by atoms with Gasteiger partial charge in [-0.2, -0.15) is 5.10 Å². The van der Waals surface area contributed by atoms with E-state index in [0.29, 0.717) is 0 Å². The number of halogens is 1. The topological polar surface area (TPSA) is 53.5 Å². The van der Waals surface area contributed by atoms with E-state index in [1.807, 2.05) is 54.6 Å². The lowest BCUT2D eigenvalue weighted by molar-refractivity contribution is -0.119. The quantitative estimate of drug-likeness (QED) is 0.653. The molecule has 20 heavy (non-hydrogen) atoms. The van der Waals surface area contributed by atoms with Crippen LogP contribution in [0.5, 0.6) is 0 Å². The number of para-hydroxylation sites is 1. The third-order valence-corrected chi connectivity index (χ3v) is 2.97. The predicted octanol–water partition coefficient (Wildman–Crippen LogP) is 3.01. The second kappa shape index (κ2) is 7.45. The molecule has 0 aliphatic carbocycles. The number of hydrogen-bond acceptors (Lipinski definition) is 3. The molecule has 0 aliphatic heterocycles. The Labute approximate surface area is 126 Å². The van der Waals surface area contributed by atoms with Crippen molar-refractivity contribution in [3.8, 4) is 0 Å². The van der Waals surface area contributed by atoms with Gasteiger partial charge < -0.3 is 5.32 Å². The van der Waals surface area contributed by atoms with E-state index < -0.39 is 0 Å². The van der Waals surface area contributed by atoms with E-state index in [-0.39, 0.29) is 12.5 Å². The summed E-state index contributed by atoms with van der Waals surface area (Å²) in [7, 11) is 0. The maximum atomic E-state index is 11.6. The third-order valence-electron chi connectivity index (χ3n) is 2.48. The number of amides is 1. The molecular formula is C15H14BrN3O. The predicted molar refractivity (Wildman–Crippen MR) is 84.8 cm³/mol. The van der Waals surface area contributed by atoms with E-state index in [4.69, 9.17) is 0 Å². The van der Waals surface area contributed by atoms with Crippen molar-refractivity contribution in [3.05, 3.63) is 64.6 Å². The number of hydrazone groups is 1. The number of carbonyl (C=O) groups excluding carboxylic acids is 1. The van der Waals surface area contributed by atoms with Gasteiger partial charge in [0, 0.05) is 10.2 Å². The molecule has 0 aliphatic rings. The van der Waals surface area contributed by atoms with Gasteiger partial charge in [0.05, 0.1) is 12.8 Å². The maximum absolute atomic E-state index is 11.6. The number of benzene rings is 2. The summed E-state index contributed by atoms with van der Waals surface area (Å²) in [5.41, 5.74) is 4.29. The van der Waals surface area contributed by atoms with Crippen LogP contribution in [-0.2, 0) is 4.79 Å². The molecule has 0 fully saturated rings. The standard InChI is InChI=1S/C15H14BrN3O/c16-13-6-4-5-12(9-13)10-18-19-15(20)11-17-14-7-2-1-3-8-14/h1-10,17H,11H2,(H,19,20). The van der Waals surface area contributed by atoms with Crippen LogP contribution in [0.15, 0.2) is 64.2 Å². The van der Waals surface area contributed by atoms with Crippen molar-refractivity contribution < 1.29 is 4.79 Å². The molecule has 0 heterocycles. The SMILES string of the molecule is O=C(CNc1ccccc1)NN=Cc1cccc(Br)c1. The van der Waals surface area contributed by atoms with Crippen molar-refractivity contribution in [2.24, 2.45) is 5.10 Å². The summed E-state index contributed by atoms with van der Waals surface area (Å²) in [6.07, 6.45) is 1.60. The zero-order valence-electron chi connectivity index (χ0n) is 10.7. The molecule has 0 radical (unpaired) electrons. The summed E-state index contributed by atoms with van der Waals surface area (Å²) in [6, 6.07) is 17.2. The molecule has 0 aromatic heterocycles. The first kappa shape index (κ1) is 14.3. The minimum absolute atomic E-state index is 0.180. The van der Waals surface area contributed by atoms with Gasteiger partial charge in [-0.05, 0) is 29.8 Å². The van der Waals surface area contributed by atoms with Crippen LogP contribution in [0.3, 0.4) is 0 Å². The molecule has 2 aromatic rings. The van der Waals surface area contributed by atoms with Crippen molar-refractivity contribution in [2.75, 3.05) is 11.9 Å². The van der Waals surface area contributed by atoms with Crippen molar-refractivity contribution >= 4 is 33.7 Å². The average Bonchev–Trinajstić information content (AvgIpc) is 2.46. The summed E-state index contributed by atoms with van der Waals surface area (Å²) in [6.45, 7) is 0.180. The number of nitrogens with one attached hydrogen (secondary N) is 2. The van der Waals surface area contributed by atoms with E-state index in [1.165, 1.54) is 0 Å². The van der Waals surface area contributed by atoms with Crippen LogP contribution in [0.4, 0.5) is 5.69 Å². The van der Waals surface area contributed by atoms with Crippen LogP contribution in [0.1, 0.15) is 5.56 Å². The highest BCUT2D eigenvalue weighted by Crippen LogP contribution is 2.09. The summed E-state index contributed by atoms with van der Waals surface area (Å²) < 4.78 is 0.971. The Morgan fingerprint density at radius 3 is 2.70 bits per heavy atom. The van der Waals surface area contributed by atoms with Crippen LogP contribution >= 0.6 is 15.9 Å². The Morgan fingerprint density at radius 2 is 1.95 bits per heavy atom. The lowest BCUT2D eigenvalue weighted by Gasteiger charge is -2.04. The summed E-state index contributed by atoms with van der Waals surface area (Å²) in [5, 5.41) is 6.92. The van der Waals surface area contributed by atoms with Gasteiger partial charge in [-0.25, -0.2) is 5.43 Å². The van der Waals surface area contributed by atoms with Gasteiger partial charge >= 0.3 is 0 Å². The molecule has 0 unspecified atom stereocenters. The molecule has 2 N–H and O–H groups in total. The Kier molecular flexibility index (Phi) is 5.32. The van der Waals surface area contributed by atoms with E-state index in [2.05, 4.69) is 31.8 Å². The fourth-order valence-corrected chi connectivity index (χ4v) is 1.96. The van der Waals surface area contributed by atoms with E-state index in [0.717, 1.165) is 15.7 Å². The molecule has 102 valence electrons. The van der Waals surface area contributed by atoms with Crippen molar-refractivity contribution in [3.63, 3.8) is 0 Å². The number of carbonyl (C=O) groups is 1. The average molecular weight is 332 g/mol. The molecule has 0 saturated carbocycles. The molecule has 1 amide bonds. The largest absolute Gasteiger partial charge is 0.376 e. The third kappa shape index (κ3) is 4.85. The first-order chi connectivity index (χ1) is 9.74. The second-order valence-corrected chi connectivity index (χ2v) is 4.98. The molecular weight excluding hydrogens is 318 g/mol. The number of hydrogen-bond donors (Lipinski definition) is 2. The van der Waals surface area contributed by atoms with Crippen molar-refractivity contribution in [1.29, 1.82) is 0 Å². The van der Waals surface area contributed by atoms with Crippen LogP contribution < -0.4 is 10.7 Å². The van der Waals surface area contributed by atoms with Gasteiger partial charge in [-0.1, -0.05) is 46.3 Å². The van der Waals surface area contributed by atoms with Gasteiger partial charge in [0.1, 0.15) is 0 Å². The highest BCUT2D eigenvalue weighted by molar-refractivity contribution is 9.10. The van der Waals surface area contributed by atoms with Crippen molar-refractivity contribution in [1.82, 2.24) is 5.43 Å². The lowest BCUT2D eigenvalue weighted by Crippen LogP contribution is -2.25. The molecule has 2 rings (SSSR count). The highest BCUT2D eigenvalue weighted by atomic mass is 79.9. The van der Waals surface area contributed by atoms with Gasteiger partial charge in [0.25, 0.3) is 5.91 Å². The molecule has 4 nitrogen and oxygen atoms in total. The minimum Gasteiger partial charge on any atom is -0.376 e.